The standard InChI is InChI=1S/C11H21NO3Si/c1-7-8(10(14)15)12(9(7)13)16(5,6)11(2,3)4/h7-8H,1-6H3,(H,14,15)/t7-,8+/m0/s1. The molecule has 1 aliphatic heterocycles. The summed E-state index contributed by atoms with van der Waals surface area (Å²) in [6.45, 7) is 12.1. The zero-order valence-corrected chi connectivity index (χ0v) is 11.9. The molecular weight excluding hydrogens is 222 g/mol. The van der Waals surface area contributed by atoms with Gasteiger partial charge in [0.2, 0.25) is 5.91 Å². The molecule has 1 heterocycles. The molecule has 16 heavy (non-hydrogen) atoms. The molecule has 0 aromatic carbocycles. The number of carbonyl (C=O) groups is 2. The van der Waals surface area contributed by atoms with Crippen molar-refractivity contribution in [1.82, 2.24) is 4.57 Å². The second kappa shape index (κ2) is 3.58. The van der Waals surface area contributed by atoms with E-state index in [0.717, 1.165) is 0 Å². The Bertz CT molecular complexity index is 333. The summed E-state index contributed by atoms with van der Waals surface area (Å²) in [7, 11) is -2.05. The second-order valence-corrected chi connectivity index (χ2v) is 11.2. The summed E-state index contributed by atoms with van der Waals surface area (Å²) in [5, 5.41) is 9.13. The van der Waals surface area contributed by atoms with Gasteiger partial charge in [0.15, 0.2) is 8.24 Å². The number of hydrogen-bond donors (Lipinski definition) is 1. The van der Waals surface area contributed by atoms with Crippen molar-refractivity contribution in [3.05, 3.63) is 0 Å². The van der Waals surface area contributed by atoms with Crippen LogP contribution in [0.4, 0.5) is 0 Å². The quantitative estimate of drug-likeness (QED) is 0.595. The number of amides is 1. The zero-order chi connectivity index (χ0) is 12.9. The average molecular weight is 243 g/mol. The van der Waals surface area contributed by atoms with Crippen molar-refractivity contribution in [2.45, 2.75) is 51.9 Å². The summed E-state index contributed by atoms with van der Waals surface area (Å²) in [5.41, 5.74) is 0. The van der Waals surface area contributed by atoms with Gasteiger partial charge in [-0.25, -0.2) is 4.79 Å². The molecule has 0 saturated carbocycles. The number of hydrogen-bond acceptors (Lipinski definition) is 2. The Morgan fingerprint density at radius 3 is 2.12 bits per heavy atom. The third-order valence-electron chi connectivity index (χ3n) is 4.07. The van der Waals surface area contributed by atoms with Crippen LogP contribution in [0.15, 0.2) is 0 Å². The maximum absolute atomic E-state index is 11.9. The monoisotopic (exact) mass is 243 g/mol. The molecule has 0 aromatic heterocycles. The van der Waals surface area contributed by atoms with Gasteiger partial charge >= 0.3 is 5.97 Å². The van der Waals surface area contributed by atoms with Gasteiger partial charge in [0, 0.05) is 0 Å². The molecule has 1 rings (SSSR count). The van der Waals surface area contributed by atoms with Crippen molar-refractivity contribution < 1.29 is 14.7 Å². The second-order valence-electron chi connectivity index (χ2n) is 6.09. The molecule has 2 atom stereocenters. The van der Waals surface area contributed by atoms with E-state index in [2.05, 4.69) is 33.9 Å². The van der Waals surface area contributed by atoms with Gasteiger partial charge in [-0.05, 0) is 5.04 Å². The minimum Gasteiger partial charge on any atom is -0.480 e. The lowest BCUT2D eigenvalue weighted by molar-refractivity contribution is -0.162. The van der Waals surface area contributed by atoms with Crippen LogP contribution in [-0.2, 0) is 9.59 Å². The molecule has 1 aliphatic rings. The highest BCUT2D eigenvalue weighted by atomic mass is 28.3. The van der Waals surface area contributed by atoms with Crippen LogP contribution in [0.25, 0.3) is 0 Å². The predicted molar refractivity (Wildman–Crippen MR) is 64.6 cm³/mol. The van der Waals surface area contributed by atoms with Gasteiger partial charge in [-0.1, -0.05) is 40.8 Å². The van der Waals surface area contributed by atoms with Crippen LogP contribution in [0.1, 0.15) is 27.7 Å². The summed E-state index contributed by atoms with van der Waals surface area (Å²) in [5.74, 6) is -1.25. The van der Waals surface area contributed by atoms with Crippen LogP contribution in [0.2, 0.25) is 18.1 Å². The number of aliphatic carboxylic acids is 1. The number of rotatable bonds is 2. The molecule has 1 saturated heterocycles. The highest BCUT2D eigenvalue weighted by Crippen LogP contribution is 2.44. The molecule has 92 valence electrons. The molecule has 1 N–H and O–H groups in total. The molecule has 0 aliphatic carbocycles. The van der Waals surface area contributed by atoms with E-state index in [1.165, 1.54) is 0 Å². The van der Waals surface area contributed by atoms with E-state index in [0.29, 0.717) is 0 Å². The Morgan fingerprint density at radius 2 is 1.81 bits per heavy atom. The molecule has 0 radical (unpaired) electrons. The molecule has 0 aromatic rings. The smallest absolute Gasteiger partial charge is 0.326 e. The lowest BCUT2D eigenvalue weighted by Gasteiger charge is -2.56. The van der Waals surface area contributed by atoms with Gasteiger partial charge in [-0.15, -0.1) is 0 Å². The third-order valence-corrected chi connectivity index (χ3v) is 9.44. The Kier molecular flexibility index (Phi) is 2.96. The topological polar surface area (TPSA) is 57.6 Å². The fourth-order valence-corrected chi connectivity index (χ4v) is 4.45. The maximum atomic E-state index is 11.9. The molecule has 5 heteroatoms. The molecular formula is C11H21NO3Si. The lowest BCUT2D eigenvalue weighted by atomic mass is 9.93. The summed E-state index contributed by atoms with van der Waals surface area (Å²) >= 11 is 0. The van der Waals surface area contributed by atoms with Gasteiger partial charge in [-0.3, -0.25) is 4.79 Å². The summed E-state index contributed by atoms with van der Waals surface area (Å²) in [6, 6.07) is -0.617. The van der Waals surface area contributed by atoms with Crippen molar-refractivity contribution in [2.75, 3.05) is 0 Å². The fourth-order valence-electron chi connectivity index (χ4n) is 1.94. The van der Waals surface area contributed by atoms with Crippen molar-refractivity contribution in [3.8, 4) is 0 Å². The zero-order valence-electron chi connectivity index (χ0n) is 10.9. The summed E-state index contributed by atoms with van der Waals surface area (Å²) < 4.78 is 1.65. The lowest BCUT2D eigenvalue weighted by Crippen LogP contribution is -2.74. The van der Waals surface area contributed by atoms with Gasteiger partial charge in [0.25, 0.3) is 0 Å². The Hall–Kier alpha value is -0.843. The van der Waals surface area contributed by atoms with Crippen LogP contribution >= 0.6 is 0 Å². The van der Waals surface area contributed by atoms with Crippen molar-refractivity contribution in [3.63, 3.8) is 0 Å². The van der Waals surface area contributed by atoms with E-state index in [-0.39, 0.29) is 16.9 Å². The summed E-state index contributed by atoms with van der Waals surface area (Å²) in [6.07, 6.45) is 0. The Morgan fingerprint density at radius 1 is 1.38 bits per heavy atom. The number of carbonyl (C=O) groups excluding carboxylic acids is 1. The minimum atomic E-state index is -2.05. The van der Waals surface area contributed by atoms with Crippen LogP contribution in [0.3, 0.4) is 0 Å². The van der Waals surface area contributed by atoms with Gasteiger partial charge in [0.05, 0.1) is 5.92 Å². The van der Waals surface area contributed by atoms with Crippen molar-refractivity contribution in [1.29, 1.82) is 0 Å². The van der Waals surface area contributed by atoms with E-state index in [9.17, 15) is 9.59 Å². The van der Waals surface area contributed by atoms with E-state index in [1.807, 2.05) is 0 Å². The summed E-state index contributed by atoms with van der Waals surface area (Å²) in [4.78, 5) is 23.0. The third kappa shape index (κ3) is 1.67. The minimum absolute atomic E-state index is 0.000934. The first-order valence-electron chi connectivity index (χ1n) is 5.58. The van der Waals surface area contributed by atoms with Crippen molar-refractivity contribution >= 4 is 20.1 Å². The maximum Gasteiger partial charge on any atom is 0.326 e. The highest BCUT2D eigenvalue weighted by molar-refractivity contribution is 6.80. The first-order valence-corrected chi connectivity index (χ1v) is 8.52. The SMILES string of the molecule is C[C@@H]1C(=O)N([Si](C)(C)C(C)(C)C)[C@H]1C(=O)O. The largest absolute Gasteiger partial charge is 0.480 e. The number of carboxylic acid groups (broad SMARTS) is 1. The van der Waals surface area contributed by atoms with Crippen molar-refractivity contribution in [2.24, 2.45) is 5.92 Å². The predicted octanol–water partition coefficient (Wildman–Crippen LogP) is 1.92. The van der Waals surface area contributed by atoms with E-state index < -0.39 is 20.2 Å². The highest BCUT2D eigenvalue weighted by Gasteiger charge is 2.58. The molecule has 4 nitrogen and oxygen atoms in total. The Balaban J connectivity index is 3.05. The van der Waals surface area contributed by atoms with Crippen LogP contribution < -0.4 is 0 Å². The molecule has 1 amide bonds. The molecule has 0 unspecified atom stereocenters. The van der Waals surface area contributed by atoms with Gasteiger partial charge in [-0.2, -0.15) is 0 Å². The van der Waals surface area contributed by atoms with Gasteiger partial charge < -0.3 is 9.67 Å². The first kappa shape index (κ1) is 13.2. The number of β-lactam (4-membered cyclic amide) rings is 1. The van der Waals surface area contributed by atoms with E-state index in [4.69, 9.17) is 5.11 Å². The van der Waals surface area contributed by atoms with Gasteiger partial charge in [0.1, 0.15) is 6.04 Å². The number of nitrogens with zero attached hydrogens (tertiary/aromatic N) is 1. The average Bonchev–Trinajstić information content (AvgIpc) is 2.09. The first-order chi connectivity index (χ1) is 7.01. The van der Waals surface area contributed by atoms with Crippen LogP contribution in [0.5, 0.6) is 0 Å². The Labute approximate surface area is 97.7 Å². The van der Waals surface area contributed by atoms with Crippen LogP contribution in [0, 0.1) is 5.92 Å². The fraction of sp³-hybridized carbons (Fsp3) is 0.818. The molecule has 1 fully saturated rings. The van der Waals surface area contributed by atoms with Crippen LogP contribution in [-0.4, -0.2) is 35.8 Å². The number of carboxylic acids is 1. The molecule has 0 bridgehead atoms. The molecule has 0 spiro atoms. The van der Waals surface area contributed by atoms with E-state index >= 15 is 0 Å². The normalized spacial score (nSPS) is 26.6. The van der Waals surface area contributed by atoms with E-state index in [1.54, 1.807) is 11.5 Å².